The lowest BCUT2D eigenvalue weighted by atomic mass is 10.2. The molecule has 2 aromatic carbocycles. The first-order valence-corrected chi connectivity index (χ1v) is 8.87. The minimum absolute atomic E-state index is 0.126. The van der Waals surface area contributed by atoms with Gasteiger partial charge in [0.2, 0.25) is 0 Å². The summed E-state index contributed by atoms with van der Waals surface area (Å²) < 4.78 is 10.9. The van der Waals surface area contributed by atoms with Crippen molar-refractivity contribution in [1.29, 1.82) is 0 Å². The van der Waals surface area contributed by atoms with Gasteiger partial charge in [0.05, 0.1) is 24.8 Å². The van der Waals surface area contributed by atoms with Crippen LogP contribution in [0.15, 0.2) is 46.9 Å². The molecule has 2 aromatic rings. The Hall–Kier alpha value is -2.45. The summed E-state index contributed by atoms with van der Waals surface area (Å²) >= 11 is 8.48. The van der Waals surface area contributed by atoms with Gasteiger partial charge in [0.1, 0.15) is 5.75 Å². The Bertz CT molecular complexity index is 824. The molecule has 0 aliphatic heterocycles. The second-order valence-corrected chi connectivity index (χ2v) is 6.37. The van der Waals surface area contributed by atoms with Crippen molar-refractivity contribution >= 4 is 50.8 Å². The number of halogens is 1. The lowest BCUT2D eigenvalue weighted by Crippen LogP contribution is -2.34. The zero-order valence-electron chi connectivity index (χ0n) is 14.2. The molecule has 0 aromatic heterocycles. The largest absolute Gasteiger partial charge is 0.496 e. The van der Waals surface area contributed by atoms with Crippen molar-refractivity contribution in [3.05, 3.63) is 58.1 Å². The van der Waals surface area contributed by atoms with Crippen LogP contribution in [0.2, 0.25) is 0 Å². The van der Waals surface area contributed by atoms with E-state index < -0.39 is 11.9 Å². The highest BCUT2D eigenvalue weighted by Crippen LogP contribution is 2.22. The van der Waals surface area contributed by atoms with Crippen molar-refractivity contribution in [2.24, 2.45) is 0 Å². The Balaban J connectivity index is 2.01. The molecule has 6 nitrogen and oxygen atoms in total. The van der Waals surface area contributed by atoms with E-state index in [0.29, 0.717) is 29.2 Å². The molecule has 0 saturated carbocycles. The lowest BCUT2D eigenvalue weighted by Gasteiger charge is -2.12. The number of hydrogen-bond acceptors (Lipinski definition) is 5. The van der Waals surface area contributed by atoms with Gasteiger partial charge in [-0.3, -0.25) is 10.1 Å². The number of esters is 1. The van der Waals surface area contributed by atoms with Gasteiger partial charge in [-0.15, -0.1) is 0 Å². The average Bonchev–Trinajstić information content (AvgIpc) is 2.62. The zero-order valence-corrected chi connectivity index (χ0v) is 16.6. The SMILES string of the molecule is CCOC(=O)c1ccc(NC(=S)NC(=O)c2cc(Br)ccc2OC)cc1. The smallest absolute Gasteiger partial charge is 0.338 e. The number of anilines is 1. The third-order valence-corrected chi connectivity index (χ3v) is 3.98. The predicted molar refractivity (Wildman–Crippen MR) is 107 cm³/mol. The molecule has 0 aliphatic rings. The molecular formula is C18H17BrN2O4S. The van der Waals surface area contributed by atoms with Crippen LogP contribution in [0.4, 0.5) is 5.69 Å². The molecule has 8 heteroatoms. The van der Waals surface area contributed by atoms with Crippen LogP contribution in [0, 0.1) is 0 Å². The highest BCUT2D eigenvalue weighted by molar-refractivity contribution is 9.10. The summed E-state index contributed by atoms with van der Waals surface area (Å²) in [6.07, 6.45) is 0. The molecule has 0 heterocycles. The topological polar surface area (TPSA) is 76.7 Å². The molecule has 2 rings (SSSR count). The van der Waals surface area contributed by atoms with Crippen molar-refractivity contribution in [3.63, 3.8) is 0 Å². The minimum Gasteiger partial charge on any atom is -0.496 e. The fourth-order valence-corrected chi connectivity index (χ4v) is 2.67. The van der Waals surface area contributed by atoms with Gasteiger partial charge in [0.15, 0.2) is 5.11 Å². The van der Waals surface area contributed by atoms with Gasteiger partial charge in [-0.1, -0.05) is 15.9 Å². The number of amides is 1. The van der Waals surface area contributed by atoms with Crippen molar-refractivity contribution in [2.45, 2.75) is 6.92 Å². The summed E-state index contributed by atoms with van der Waals surface area (Å²) in [6.45, 7) is 2.06. The van der Waals surface area contributed by atoms with Crippen LogP contribution in [-0.2, 0) is 4.74 Å². The number of thiocarbonyl (C=S) groups is 1. The summed E-state index contributed by atoms with van der Waals surface area (Å²) in [7, 11) is 1.49. The third-order valence-electron chi connectivity index (χ3n) is 3.29. The average molecular weight is 437 g/mol. The maximum atomic E-state index is 12.4. The standard InChI is InChI=1S/C18H17BrN2O4S/c1-3-25-17(23)11-4-7-13(8-5-11)20-18(26)21-16(22)14-10-12(19)6-9-15(14)24-2/h4-10H,3H2,1-2H3,(H2,20,21,22,26). The molecule has 2 N–H and O–H groups in total. The van der Waals surface area contributed by atoms with E-state index in [1.807, 2.05) is 0 Å². The van der Waals surface area contributed by atoms with Crippen LogP contribution in [0.3, 0.4) is 0 Å². The van der Waals surface area contributed by atoms with Crippen LogP contribution in [0.25, 0.3) is 0 Å². The summed E-state index contributed by atoms with van der Waals surface area (Å²) in [6, 6.07) is 11.7. The van der Waals surface area contributed by atoms with Crippen LogP contribution < -0.4 is 15.4 Å². The Kier molecular flexibility index (Phi) is 7.11. The molecule has 0 radical (unpaired) electrons. The molecule has 1 amide bonds. The van der Waals surface area contributed by atoms with Gasteiger partial charge < -0.3 is 14.8 Å². The van der Waals surface area contributed by atoms with Gasteiger partial charge >= 0.3 is 5.97 Å². The van der Waals surface area contributed by atoms with Crippen molar-refractivity contribution in [1.82, 2.24) is 5.32 Å². The zero-order chi connectivity index (χ0) is 19.1. The summed E-state index contributed by atoms with van der Waals surface area (Å²) in [5.74, 6) is -0.354. The second-order valence-electron chi connectivity index (χ2n) is 5.05. The lowest BCUT2D eigenvalue weighted by molar-refractivity contribution is 0.0526. The number of ether oxygens (including phenoxy) is 2. The fraction of sp³-hybridized carbons (Fsp3) is 0.167. The maximum absolute atomic E-state index is 12.4. The number of carbonyl (C=O) groups excluding carboxylic acids is 2. The highest BCUT2D eigenvalue weighted by Gasteiger charge is 2.14. The number of methoxy groups -OCH3 is 1. The van der Waals surface area contributed by atoms with Crippen LogP contribution in [0.1, 0.15) is 27.6 Å². The van der Waals surface area contributed by atoms with Crippen molar-refractivity contribution in [2.75, 3.05) is 19.0 Å². The van der Waals surface area contributed by atoms with Gasteiger partial charge in [0.25, 0.3) is 5.91 Å². The van der Waals surface area contributed by atoms with E-state index in [1.54, 1.807) is 49.4 Å². The first-order chi connectivity index (χ1) is 12.4. The van der Waals surface area contributed by atoms with Gasteiger partial charge in [-0.2, -0.15) is 0 Å². The number of nitrogens with one attached hydrogen (secondary N) is 2. The van der Waals surface area contributed by atoms with Crippen LogP contribution in [0.5, 0.6) is 5.75 Å². The molecule has 136 valence electrons. The van der Waals surface area contributed by atoms with E-state index in [9.17, 15) is 9.59 Å². The van der Waals surface area contributed by atoms with Crippen LogP contribution >= 0.6 is 28.1 Å². The molecule has 0 spiro atoms. The Morgan fingerprint density at radius 1 is 1.15 bits per heavy atom. The van der Waals surface area contributed by atoms with E-state index in [1.165, 1.54) is 7.11 Å². The maximum Gasteiger partial charge on any atom is 0.338 e. The number of carbonyl (C=O) groups is 2. The van der Waals surface area contributed by atoms with E-state index >= 15 is 0 Å². The molecule has 0 saturated heterocycles. The number of benzene rings is 2. The van der Waals surface area contributed by atoms with Crippen molar-refractivity contribution < 1.29 is 19.1 Å². The number of rotatable bonds is 5. The molecule has 0 bridgehead atoms. The highest BCUT2D eigenvalue weighted by atomic mass is 79.9. The summed E-state index contributed by atoms with van der Waals surface area (Å²) in [5.41, 5.74) is 1.42. The first kappa shape index (κ1) is 19.9. The molecule has 0 aliphatic carbocycles. The van der Waals surface area contributed by atoms with Gasteiger partial charge in [-0.25, -0.2) is 4.79 Å². The van der Waals surface area contributed by atoms with Gasteiger partial charge in [-0.05, 0) is 61.6 Å². The first-order valence-electron chi connectivity index (χ1n) is 7.67. The quantitative estimate of drug-likeness (QED) is 0.548. The molecule has 0 fully saturated rings. The van der Waals surface area contributed by atoms with E-state index in [0.717, 1.165) is 4.47 Å². The van der Waals surface area contributed by atoms with Crippen molar-refractivity contribution in [3.8, 4) is 5.75 Å². The molecule has 26 heavy (non-hydrogen) atoms. The molecule has 0 unspecified atom stereocenters. The normalized spacial score (nSPS) is 9.96. The predicted octanol–water partition coefficient (Wildman–Crippen LogP) is 3.76. The van der Waals surface area contributed by atoms with Crippen LogP contribution in [-0.4, -0.2) is 30.7 Å². The molecule has 0 atom stereocenters. The van der Waals surface area contributed by atoms with E-state index in [4.69, 9.17) is 21.7 Å². The van der Waals surface area contributed by atoms with E-state index in [2.05, 4.69) is 26.6 Å². The van der Waals surface area contributed by atoms with Gasteiger partial charge in [0, 0.05) is 10.2 Å². The Morgan fingerprint density at radius 2 is 1.85 bits per heavy atom. The Morgan fingerprint density at radius 3 is 2.46 bits per heavy atom. The molecular weight excluding hydrogens is 420 g/mol. The monoisotopic (exact) mass is 436 g/mol. The number of hydrogen-bond donors (Lipinski definition) is 2. The fourth-order valence-electron chi connectivity index (χ4n) is 2.09. The summed E-state index contributed by atoms with van der Waals surface area (Å²) in [4.78, 5) is 24.0. The third kappa shape index (κ3) is 5.27. The second kappa shape index (κ2) is 9.30. The summed E-state index contributed by atoms with van der Waals surface area (Å²) in [5, 5.41) is 5.61. The minimum atomic E-state index is -0.399. The van der Waals surface area contributed by atoms with E-state index in [-0.39, 0.29) is 5.11 Å². The Labute approximate surface area is 165 Å².